The van der Waals surface area contributed by atoms with Crippen molar-refractivity contribution in [1.82, 2.24) is 19.7 Å². The van der Waals surface area contributed by atoms with Crippen molar-refractivity contribution < 1.29 is 0 Å². The quantitative estimate of drug-likeness (QED) is 0.396. The third kappa shape index (κ3) is 3.35. The van der Waals surface area contributed by atoms with E-state index in [-0.39, 0.29) is 5.56 Å². The van der Waals surface area contributed by atoms with Gasteiger partial charge in [-0.05, 0) is 29.8 Å². The van der Waals surface area contributed by atoms with Crippen molar-refractivity contribution in [2.24, 2.45) is 0 Å². The largest absolute Gasteiger partial charge is 0.301 e. The molecular formula is C18H12Cl2N4OS. The minimum absolute atomic E-state index is 0.220. The molecule has 26 heavy (non-hydrogen) atoms. The number of thioether (sulfide) groups is 1. The summed E-state index contributed by atoms with van der Waals surface area (Å²) >= 11 is 13.5. The van der Waals surface area contributed by atoms with Crippen molar-refractivity contribution in [3.8, 4) is 5.69 Å². The van der Waals surface area contributed by atoms with Crippen molar-refractivity contribution >= 4 is 46.0 Å². The minimum atomic E-state index is -0.220. The van der Waals surface area contributed by atoms with Crippen LogP contribution in [-0.2, 0) is 5.75 Å². The van der Waals surface area contributed by atoms with Crippen LogP contribution in [-0.4, -0.2) is 19.7 Å². The molecule has 0 aliphatic carbocycles. The van der Waals surface area contributed by atoms with E-state index in [9.17, 15) is 4.79 Å². The lowest BCUT2D eigenvalue weighted by molar-refractivity contribution is 0.873. The summed E-state index contributed by atoms with van der Waals surface area (Å²) in [5.74, 6) is 0.559. The highest BCUT2D eigenvalue weighted by atomic mass is 35.5. The fourth-order valence-electron chi connectivity index (χ4n) is 2.51. The molecule has 2 aromatic carbocycles. The molecule has 0 aliphatic heterocycles. The van der Waals surface area contributed by atoms with Crippen molar-refractivity contribution in [3.63, 3.8) is 0 Å². The number of halogens is 2. The van der Waals surface area contributed by atoms with E-state index in [1.165, 1.54) is 18.0 Å². The van der Waals surface area contributed by atoms with Gasteiger partial charge in [0.15, 0.2) is 10.8 Å². The molecule has 0 radical (unpaired) electrons. The summed E-state index contributed by atoms with van der Waals surface area (Å²) in [6.07, 6.45) is 1.53. The van der Waals surface area contributed by atoms with Gasteiger partial charge in [-0.15, -0.1) is 0 Å². The lowest BCUT2D eigenvalue weighted by atomic mass is 10.2. The molecule has 0 saturated carbocycles. The zero-order valence-corrected chi connectivity index (χ0v) is 15.6. The molecule has 0 amide bonds. The number of hydrogen-bond donors (Lipinski definition) is 1. The Morgan fingerprint density at radius 1 is 1.12 bits per heavy atom. The van der Waals surface area contributed by atoms with E-state index in [0.717, 1.165) is 11.3 Å². The van der Waals surface area contributed by atoms with Gasteiger partial charge in [-0.3, -0.25) is 4.79 Å². The van der Waals surface area contributed by atoms with E-state index in [1.807, 2.05) is 36.4 Å². The highest BCUT2D eigenvalue weighted by Gasteiger charge is 2.12. The van der Waals surface area contributed by atoms with Gasteiger partial charge in [0.2, 0.25) is 0 Å². The maximum atomic E-state index is 12.4. The Balaban J connectivity index is 1.69. The summed E-state index contributed by atoms with van der Waals surface area (Å²) in [6.45, 7) is 0. The lowest BCUT2D eigenvalue weighted by Crippen LogP contribution is -2.09. The SMILES string of the molecule is O=c1[nH]c(SCc2ccc(Cl)cc2Cl)nc2c1cnn2-c1ccccc1. The standard InChI is InChI=1S/C18H12Cl2N4OS/c19-12-7-6-11(15(20)8-12)10-26-18-22-16-14(17(25)23-18)9-21-24(16)13-4-2-1-3-5-13/h1-9H,10H2,(H,22,23,25). The Morgan fingerprint density at radius 2 is 1.92 bits per heavy atom. The number of fused-ring (bicyclic) bond motifs is 1. The number of para-hydroxylation sites is 1. The molecule has 2 heterocycles. The molecule has 0 fully saturated rings. The third-order valence-electron chi connectivity index (χ3n) is 3.80. The highest BCUT2D eigenvalue weighted by molar-refractivity contribution is 7.98. The Labute approximate surface area is 163 Å². The Kier molecular flexibility index (Phi) is 4.72. The number of benzene rings is 2. The monoisotopic (exact) mass is 402 g/mol. The van der Waals surface area contributed by atoms with Gasteiger partial charge in [-0.25, -0.2) is 9.67 Å². The fourth-order valence-corrected chi connectivity index (χ4v) is 3.92. The van der Waals surface area contributed by atoms with E-state index < -0.39 is 0 Å². The molecule has 0 saturated heterocycles. The van der Waals surface area contributed by atoms with Crippen LogP contribution in [0.1, 0.15) is 5.56 Å². The first-order valence-corrected chi connectivity index (χ1v) is 9.46. The molecule has 0 unspecified atom stereocenters. The number of nitrogens with zero attached hydrogens (tertiary/aromatic N) is 3. The van der Waals surface area contributed by atoms with Gasteiger partial charge in [-0.2, -0.15) is 5.10 Å². The first kappa shape index (κ1) is 17.1. The van der Waals surface area contributed by atoms with E-state index >= 15 is 0 Å². The molecule has 8 heteroatoms. The fraction of sp³-hybridized carbons (Fsp3) is 0.0556. The van der Waals surface area contributed by atoms with Gasteiger partial charge in [0.25, 0.3) is 5.56 Å². The molecule has 5 nitrogen and oxygen atoms in total. The van der Waals surface area contributed by atoms with Crippen LogP contribution in [0, 0.1) is 0 Å². The van der Waals surface area contributed by atoms with Crippen LogP contribution in [0.25, 0.3) is 16.7 Å². The third-order valence-corrected chi connectivity index (χ3v) is 5.31. The van der Waals surface area contributed by atoms with Crippen LogP contribution in [0.4, 0.5) is 0 Å². The van der Waals surface area contributed by atoms with Crippen LogP contribution in [0.15, 0.2) is 64.7 Å². The maximum Gasteiger partial charge on any atom is 0.262 e. The molecule has 2 aromatic heterocycles. The van der Waals surface area contributed by atoms with Crippen LogP contribution >= 0.6 is 35.0 Å². The van der Waals surface area contributed by atoms with Crippen molar-refractivity contribution in [3.05, 3.63) is 80.7 Å². The van der Waals surface area contributed by atoms with Crippen LogP contribution in [0.3, 0.4) is 0 Å². The summed E-state index contributed by atoms with van der Waals surface area (Å²) in [4.78, 5) is 19.7. The summed E-state index contributed by atoms with van der Waals surface area (Å²) in [7, 11) is 0. The zero-order chi connectivity index (χ0) is 18.1. The first-order chi connectivity index (χ1) is 12.6. The lowest BCUT2D eigenvalue weighted by Gasteiger charge is -2.06. The summed E-state index contributed by atoms with van der Waals surface area (Å²) in [6, 6.07) is 14.9. The smallest absolute Gasteiger partial charge is 0.262 e. The molecule has 1 N–H and O–H groups in total. The zero-order valence-electron chi connectivity index (χ0n) is 13.3. The predicted octanol–water partition coefficient (Wildman–Crippen LogP) is 4.71. The predicted molar refractivity (Wildman–Crippen MR) is 106 cm³/mol. The number of aromatic amines is 1. The summed E-state index contributed by atoms with van der Waals surface area (Å²) in [5, 5.41) is 6.42. The Morgan fingerprint density at radius 3 is 2.69 bits per heavy atom. The number of nitrogens with one attached hydrogen (secondary N) is 1. The normalized spacial score (nSPS) is 11.2. The number of hydrogen-bond acceptors (Lipinski definition) is 4. The summed E-state index contributed by atoms with van der Waals surface area (Å²) in [5.41, 5.74) is 2.06. The molecule has 0 aliphatic rings. The van der Waals surface area contributed by atoms with Crippen molar-refractivity contribution in [2.75, 3.05) is 0 Å². The minimum Gasteiger partial charge on any atom is -0.301 e. The average molecular weight is 403 g/mol. The number of rotatable bonds is 4. The van der Waals surface area contributed by atoms with Crippen molar-refractivity contribution in [2.45, 2.75) is 10.9 Å². The number of H-pyrrole nitrogens is 1. The molecule has 4 rings (SSSR count). The second kappa shape index (κ2) is 7.15. The van der Waals surface area contributed by atoms with Gasteiger partial charge >= 0.3 is 0 Å². The average Bonchev–Trinajstić information content (AvgIpc) is 3.06. The molecule has 0 spiro atoms. The highest BCUT2D eigenvalue weighted by Crippen LogP contribution is 2.27. The van der Waals surface area contributed by atoms with E-state index in [1.54, 1.807) is 16.8 Å². The van der Waals surface area contributed by atoms with Gasteiger partial charge in [-0.1, -0.05) is 59.2 Å². The van der Waals surface area contributed by atoms with Gasteiger partial charge in [0.1, 0.15) is 5.39 Å². The summed E-state index contributed by atoms with van der Waals surface area (Å²) < 4.78 is 1.66. The second-order valence-corrected chi connectivity index (χ2v) is 7.33. The van der Waals surface area contributed by atoms with Crippen LogP contribution in [0.5, 0.6) is 0 Å². The van der Waals surface area contributed by atoms with Gasteiger partial charge < -0.3 is 4.98 Å². The first-order valence-electron chi connectivity index (χ1n) is 7.72. The maximum absolute atomic E-state index is 12.4. The van der Waals surface area contributed by atoms with Gasteiger partial charge in [0.05, 0.1) is 11.9 Å². The topological polar surface area (TPSA) is 63.6 Å². The van der Waals surface area contributed by atoms with E-state index in [4.69, 9.17) is 23.2 Å². The Bertz CT molecular complexity index is 1140. The molecule has 4 aromatic rings. The molecule has 0 bridgehead atoms. The van der Waals surface area contributed by atoms with Crippen molar-refractivity contribution in [1.29, 1.82) is 0 Å². The van der Waals surface area contributed by atoms with E-state index in [2.05, 4.69) is 15.1 Å². The van der Waals surface area contributed by atoms with Crippen LogP contribution < -0.4 is 5.56 Å². The van der Waals surface area contributed by atoms with Crippen LogP contribution in [0.2, 0.25) is 10.0 Å². The number of aromatic nitrogens is 4. The van der Waals surface area contributed by atoms with Gasteiger partial charge in [0, 0.05) is 15.8 Å². The molecule has 0 atom stereocenters. The molecular weight excluding hydrogens is 391 g/mol. The Hall–Kier alpha value is -2.28. The van der Waals surface area contributed by atoms with E-state index in [0.29, 0.717) is 32.0 Å². The molecule has 130 valence electrons. The second-order valence-electron chi connectivity index (χ2n) is 5.52.